The number of rotatable bonds is 8. The van der Waals surface area contributed by atoms with Crippen molar-refractivity contribution in [3.8, 4) is 0 Å². The first kappa shape index (κ1) is 19.7. The zero-order valence-corrected chi connectivity index (χ0v) is 15.7. The number of aliphatic imine (C=N–C) groups is 1. The Labute approximate surface area is 143 Å². The van der Waals surface area contributed by atoms with E-state index in [4.69, 9.17) is 4.74 Å². The summed E-state index contributed by atoms with van der Waals surface area (Å²) in [5.41, 5.74) is 0. The van der Waals surface area contributed by atoms with Gasteiger partial charge in [-0.2, -0.15) is 0 Å². The normalized spacial score (nSPS) is 11.1. The Bertz CT molecular complexity index is 357. The molecule has 1 heterocycles. The van der Waals surface area contributed by atoms with Gasteiger partial charge in [-0.3, -0.25) is 4.99 Å². The summed E-state index contributed by atoms with van der Waals surface area (Å²) in [5, 5.41) is 5.45. The van der Waals surface area contributed by atoms with Crippen molar-refractivity contribution in [2.24, 2.45) is 4.99 Å². The van der Waals surface area contributed by atoms with Crippen molar-refractivity contribution < 1.29 is 4.74 Å². The lowest BCUT2D eigenvalue weighted by Crippen LogP contribution is -2.40. The van der Waals surface area contributed by atoms with Gasteiger partial charge in [-0.1, -0.05) is 6.07 Å². The van der Waals surface area contributed by atoms with Gasteiger partial charge in [-0.05, 0) is 31.2 Å². The number of thiophene rings is 1. The standard InChI is InChI=1S/C14H25N3OS.HI/c1-4-15-14(16-9-6-11-18-3)17(2)10-8-13-7-5-12-19-13;/h5,7,12H,4,6,8-11H2,1-3H3,(H,15,16);1H. The first-order valence-corrected chi connectivity index (χ1v) is 7.66. The Hall–Kier alpha value is -0.340. The van der Waals surface area contributed by atoms with Crippen molar-refractivity contribution in [3.05, 3.63) is 22.4 Å². The van der Waals surface area contributed by atoms with E-state index in [1.165, 1.54) is 4.88 Å². The predicted octanol–water partition coefficient (Wildman–Crippen LogP) is 2.84. The third-order valence-electron chi connectivity index (χ3n) is 2.74. The fourth-order valence-electron chi connectivity index (χ4n) is 1.70. The molecule has 0 aliphatic heterocycles. The van der Waals surface area contributed by atoms with Crippen molar-refractivity contribution in [1.82, 2.24) is 10.2 Å². The SMILES string of the molecule is CCNC(=NCCCOC)N(C)CCc1cccs1.I. The zero-order chi connectivity index (χ0) is 13.9. The maximum Gasteiger partial charge on any atom is 0.193 e. The minimum atomic E-state index is 0. The molecule has 0 fully saturated rings. The van der Waals surface area contributed by atoms with E-state index in [0.29, 0.717) is 0 Å². The molecule has 1 rings (SSSR count). The van der Waals surface area contributed by atoms with Crippen LogP contribution in [0.5, 0.6) is 0 Å². The lowest BCUT2D eigenvalue weighted by Gasteiger charge is -2.21. The van der Waals surface area contributed by atoms with Crippen LogP contribution in [0.1, 0.15) is 18.2 Å². The number of ether oxygens (including phenoxy) is 1. The van der Waals surface area contributed by atoms with Gasteiger partial charge in [0, 0.05) is 45.3 Å². The van der Waals surface area contributed by atoms with E-state index in [2.05, 4.69) is 46.7 Å². The second-order valence-electron chi connectivity index (χ2n) is 4.33. The number of halogens is 1. The van der Waals surface area contributed by atoms with Gasteiger partial charge < -0.3 is 15.0 Å². The highest BCUT2D eigenvalue weighted by Crippen LogP contribution is 2.09. The van der Waals surface area contributed by atoms with Crippen molar-refractivity contribution in [2.45, 2.75) is 19.8 Å². The molecule has 0 aliphatic rings. The first-order valence-electron chi connectivity index (χ1n) is 6.78. The smallest absolute Gasteiger partial charge is 0.193 e. The molecule has 6 heteroatoms. The van der Waals surface area contributed by atoms with Crippen LogP contribution in [0.4, 0.5) is 0 Å². The third kappa shape index (κ3) is 8.06. The molecule has 0 amide bonds. The highest BCUT2D eigenvalue weighted by Gasteiger charge is 2.05. The second-order valence-corrected chi connectivity index (χ2v) is 5.37. The van der Waals surface area contributed by atoms with Crippen molar-refractivity contribution in [3.63, 3.8) is 0 Å². The van der Waals surface area contributed by atoms with Crippen LogP contribution >= 0.6 is 35.3 Å². The van der Waals surface area contributed by atoms with Crippen molar-refractivity contribution in [1.29, 1.82) is 0 Å². The lowest BCUT2D eigenvalue weighted by molar-refractivity contribution is 0.197. The number of hydrogen-bond acceptors (Lipinski definition) is 3. The molecule has 0 bridgehead atoms. The van der Waals surface area contributed by atoms with E-state index in [0.717, 1.165) is 45.0 Å². The van der Waals surface area contributed by atoms with Crippen LogP contribution in [0.25, 0.3) is 0 Å². The molecule has 1 aromatic heterocycles. The summed E-state index contributed by atoms with van der Waals surface area (Å²) in [4.78, 5) is 8.21. The summed E-state index contributed by atoms with van der Waals surface area (Å²) in [5.74, 6) is 0.982. The van der Waals surface area contributed by atoms with E-state index in [1.54, 1.807) is 7.11 Å². The highest BCUT2D eigenvalue weighted by atomic mass is 127. The van der Waals surface area contributed by atoms with Crippen molar-refractivity contribution >= 4 is 41.3 Å². The van der Waals surface area contributed by atoms with Gasteiger partial charge in [0.25, 0.3) is 0 Å². The van der Waals surface area contributed by atoms with E-state index < -0.39 is 0 Å². The molecule has 0 atom stereocenters. The summed E-state index contributed by atoms with van der Waals surface area (Å²) >= 11 is 1.81. The Morgan fingerprint density at radius 3 is 2.90 bits per heavy atom. The average molecular weight is 411 g/mol. The van der Waals surface area contributed by atoms with E-state index in [-0.39, 0.29) is 24.0 Å². The van der Waals surface area contributed by atoms with Gasteiger partial charge in [0.05, 0.1) is 0 Å². The number of likely N-dealkylation sites (N-methyl/N-ethyl adjacent to an activating group) is 1. The molecule has 0 radical (unpaired) electrons. The monoisotopic (exact) mass is 411 g/mol. The van der Waals surface area contributed by atoms with E-state index >= 15 is 0 Å². The van der Waals surface area contributed by atoms with Crippen LogP contribution < -0.4 is 5.32 Å². The van der Waals surface area contributed by atoms with Gasteiger partial charge in [0.1, 0.15) is 0 Å². The van der Waals surface area contributed by atoms with Gasteiger partial charge in [0.15, 0.2) is 5.96 Å². The van der Waals surface area contributed by atoms with Gasteiger partial charge in [-0.25, -0.2) is 0 Å². The molecule has 0 spiro atoms. The van der Waals surface area contributed by atoms with Crippen LogP contribution in [0, 0.1) is 0 Å². The third-order valence-corrected chi connectivity index (χ3v) is 3.67. The Morgan fingerprint density at radius 1 is 1.50 bits per heavy atom. The fourth-order valence-corrected chi connectivity index (χ4v) is 2.40. The molecular weight excluding hydrogens is 385 g/mol. The Kier molecular flexibility index (Phi) is 12.2. The maximum absolute atomic E-state index is 5.04. The number of hydrogen-bond donors (Lipinski definition) is 1. The van der Waals surface area contributed by atoms with E-state index in [9.17, 15) is 0 Å². The summed E-state index contributed by atoms with van der Waals surface area (Å²) in [7, 11) is 3.81. The molecule has 0 aliphatic carbocycles. The Balaban J connectivity index is 0.00000361. The summed E-state index contributed by atoms with van der Waals surface area (Å²) in [6, 6.07) is 4.28. The lowest BCUT2D eigenvalue weighted by atomic mass is 10.3. The van der Waals surface area contributed by atoms with Crippen LogP contribution in [0.15, 0.2) is 22.5 Å². The molecule has 4 nitrogen and oxygen atoms in total. The molecule has 0 aromatic carbocycles. The van der Waals surface area contributed by atoms with E-state index in [1.807, 2.05) is 11.3 Å². The average Bonchev–Trinajstić information content (AvgIpc) is 2.93. The minimum absolute atomic E-state index is 0. The predicted molar refractivity (Wildman–Crippen MR) is 98.5 cm³/mol. The number of nitrogens with zero attached hydrogens (tertiary/aromatic N) is 2. The molecule has 1 N–H and O–H groups in total. The van der Waals surface area contributed by atoms with Crippen LogP contribution in [0.3, 0.4) is 0 Å². The van der Waals surface area contributed by atoms with Crippen LogP contribution in [0.2, 0.25) is 0 Å². The van der Waals surface area contributed by atoms with Gasteiger partial charge in [-0.15, -0.1) is 35.3 Å². The summed E-state index contributed by atoms with van der Waals surface area (Å²) < 4.78 is 5.04. The largest absolute Gasteiger partial charge is 0.385 e. The van der Waals surface area contributed by atoms with Crippen LogP contribution in [-0.2, 0) is 11.2 Å². The topological polar surface area (TPSA) is 36.9 Å². The quantitative estimate of drug-likeness (QED) is 0.309. The first-order chi connectivity index (χ1) is 9.27. The highest BCUT2D eigenvalue weighted by molar-refractivity contribution is 14.0. The van der Waals surface area contributed by atoms with Gasteiger partial charge in [0.2, 0.25) is 0 Å². The van der Waals surface area contributed by atoms with Gasteiger partial charge >= 0.3 is 0 Å². The molecule has 0 saturated carbocycles. The molecule has 1 aromatic rings. The second kappa shape index (κ2) is 12.4. The maximum atomic E-state index is 5.04. The molecule has 116 valence electrons. The molecule has 0 unspecified atom stereocenters. The molecule has 20 heavy (non-hydrogen) atoms. The number of nitrogens with one attached hydrogen (secondary N) is 1. The number of guanidine groups is 1. The summed E-state index contributed by atoms with van der Waals surface area (Å²) in [6.07, 6.45) is 2.03. The van der Waals surface area contributed by atoms with Crippen molar-refractivity contribution in [2.75, 3.05) is 40.4 Å². The number of methoxy groups -OCH3 is 1. The molecule has 0 saturated heterocycles. The summed E-state index contributed by atoms with van der Waals surface area (Å²) in [6.45, 7) is 5.54. The Morgan fingerprint density at radius 2 is 2.30 bits per heavy atom. The fraction of sp³-hybridized carbons (Fsp3) is 0.643. The zero-order valence-electron chi connectivity index (χ0n) is 12.6. The minimum Gasteiger partial charge on any atom is -0.385 e. The van der Waals surface area contributed by atoms with Crippen LogP contribution in [-0.4, -0.2) is 51.3 Å². The molecular formula is C14H26IN3OS.